The lowest BCUT2D eigenvalue weighted by Gasteiger charge is -2.01. The molecule has 0 aliphatic heterocycles. The van der Waals surface area contributed by atoms with Crippen molar-refractivity contribution in [2.45, 2.75) is 30.4 Å². The van der Waals surface area contributed by atoms with Crippen LogP contribution in [0.3, 0.4) is 0 Å². The second kappa shape index (κ2) is 4.65. The maximum atomic E-state index is 5.51. The van der Waals surface area contributed by atoms with Crippen LogP contribution in [-0.2, 0) is 0 Å². The van der Waals surface area contributed by atoms with Gasteiger partial charge in [0.05, 0.1) is 0 Å². The third-order valence-electron chi connectivity index (χ3n) is 0.962. The highest BCUT2D eigenvalue weighted by molar-refractivity contribution is 6.56. The summed E-state index contributed by atoms with van der Waals surface area (Å²) in [5.74, 6) is 0. The first kappa shape index (κ1) is 8.80. The standard InChI is InChI=1S/C5H12Cl2Si/c1-8(2)4-3-5(6)7/h5,8H,3-4H2,1-2H3. The first-order valence-corrected chi connectivity index (χ1v) is 6.91. The van der Waals surface area contributed by atoms with E-state index < -0.39 is 8.80 Å². The van der Waals surface area contributed by atoms with Crippen LogP contribution in [0.2, 0.25) is 19.1 Å². The molecule has 0 fully saturated rings. The average Bonchev–Trinajstić information content (AvgIpc) is 1.61. The van der Waals surface area contributed by atoms with Crippen LogP contribution >= 0.6 is 23.2 Å². The fraction of sp³-hybridized carbons (Fsp3) is 1.00. The Morgan fingerprint density at radius 2 is 1.88 bits per heavy atom. The Hall–Kier alpha value is 0.797. The Morgan fingerprint density at radius 3 is 2.00 bits per heavy atom. The summed E-state index contributed by atoms with van der Waals surface area (Å²) in [6.07, 6.45) is 0.979. The second-order valence-electron chi connectivity index (χ2n) is 2.36. The van der Waals surface area contributed by atoms with Gasteiger partial charge in [-0.1, -0.05) is 19.1 Å². The molecule has 0 N–H and O–H groups in total. The predicted molar refractivity (Wildman–Crippen MR) is 43.8 cm³/mol. The molecule has 0 saturated heterocycles. The molecule has 0 unspecified atom stereocenters. The molecule has 8 heavy (non-hydrogen) atoms. The van der Waals surface area contributed by atoms with Gasteiger partial charge in [0.2, 0.25) is 0 Å². The van der Waals surface area contributed by atoms with Gasteiger partial charge in [-0.05, 0) is 6.42 Å². The summed E-state index contributed by atoms with van der Waals surface area (Å²) < 4.78 is 0. The zero-order valence-electron chi connectivity index (χ0n) is 5.32. The third-order valence-corrected chi connectivity index (χ3v) is 2.89. The van der Waals surface area contributed by atoms with Gasteiger partial charge in [0.25, 0.3) is 0 Å². The van der Waals surface area contributed by atoms with Crippen LogP contribution in [0, 0.1) is 0 Å². The van der Waals surface area contributed by atoms with E-state index in [-0.39, 0.29) is 4.84 Å². The molecular formula is C5H12Cl2Si. The van der Waals surface area contributed by atoms with Gasteiger partial charge in [-0.3, -0.25) is 0 Å². The van der Waals surface area contributed by atoms with E-state index in [0.717, 1.165) is 6.42 Å². The quantitative estimate of drug-likeness (QED) is 0.452. The second-order valence-corrected chi connectivity index (χ2v) is 7.00. The number of hydrogen-bond donors (Lipinski definition) is 0. The van der Waals surface area contributed by atoms with Gasteiger partial charge in [0.1, 0.15) is 4.84 Å². The van der Waals surface area contributed by atoms with Crippen molar-refractivity contribution < 1.29 is 0 Å². The van der Waals surface area contributed by atoms with Crippen molar-refractivity contribution in [2.75, 3.05) is 0 Å². The Bertz CT molecular complexity index is 46.4. The molecule has 0 aliphatic rings. The Labute approximate surface area is 62.8 Å². The van der Waals surface area contributed by atoms with Gasteiger partial charge in [0.15, 0.2) is 0 Å². The lowest BCUT2D eigenvalue weighted by Crippen LogP contribution is -2.00. The van der Waals surface area contributed by atoms with Crippen molar-refractivity contribution in [3.63, 3.8) is 0 Å². The molecule has 0 aromatic heterocycles. The first-order valence-electron chi connectivity index (χ1n) is 2.91. The highest BCUT2D eigenvalue weighted by Crippen LogP contribution is 2.11. The smallest absolute Gasteiger partial charge is 0.105 e. The van der Waals surface area contributed by atoms with Crippen LogP contribution in [0.1, 0.15) is 6.42 Å². The molecule has 0 aliphatic carbocycles. The van der Waals surface area contributed by atoms with E-state index in [1.807, 2.05) is 0 Å². The molecule has 0 saturated carbocycles. The Balaban J connectivity index is 2.93. The number of rotatable bonds is 3. The molecule has 0 heterocycles. The van der Waals surface area contributed by atoms with Crippen LogP contribution in [0.15, 0.2) is 0 Å². The van der Waals surface area contributed by atoms with Crippen LogP contribution in [0.5, 0.6) is 0 Å². The average molecular weight is 171 g/mol. The molecular weight excluding hydrogens is 159 g/mol. The summed E-state index contributed by atoms with van der Waals surface area (Å²) in [4.78, 5) is -0.134. The summed E-state index contributed by atoms with van der Waals surface area (Å²) in [5, 5.41) is 0. The summed E-state index contributed by atoms with van der Waals surface area (Å²) in [6, 6.07) is 1.26. The molecule has 0 aromatic carbocycles. The molecule has 0 aromatic rings. The zero-order valence-corrected chi connectivity index (χ0v) is 7.99. The highest BCUT2D eigenvalue weighted by Gasteiger charge is 2.00. The molecule has 50 valence electrons. The van der Waals surface area contributed by atoms with Crippen molar-refractivity contribution in [1.82, 2.24) is 0 Å². The molecule has 0 nitrogen and oxygen atoms in total. The molecule has 0 atom stereocenters. The fourth-order valence-corrected chi connectivity index (χ4v) is 2.13. The minimum atomic E-state index is -0.396. The predicted octanol–water partition coefficient (Wildman–Crippen LogP) is 2.67. The van der Waals surface area contributed by atoms with Crippen molar-refractivity contribution in [3.8, 4) is 0 Å². The molecule has 0 bridgehead atoms. The maximum Gasteiger partial charge on any atom is 0.107 e. The lowest BCUT2D eigenvalue weighted by atomic mass is 10.6. The van der Waals surface area contributed by atoms with E-state index in [1.165, 1.54) is 6.04 Å². The number of hydrogen-bond acceptors (Lipinski definition) is 0. The van der Waals surface area contributed by atoms with Crippen LogP contribution in [0.25, 0.3) is 0 Å². The topological polar surface area (TPSA) is 0 Å². The lowest BCUT2D eigenvalue weighted by molar-refractivity contribution is 1.02. The van der Waals surface area contributed by atoms with Crippen LogP contribution in [0.4, 0.5) is 0 Å². The zero-order chi connectivity index (χ0) is 6.57. The summed E-state index contributed by atoms with van der Waals surface area (Å²) in [5.41, 5.74) is 0. The normalized spacial score (nSPS) is 11.2. The maximum absolute atomic E-state index is 5.51. The van der Waals surface area contributed by atoms with E-state index in [2.05, 4.69) is 13.1 Å². The summed E-state index contributed by atoms with van der Waals surface area (Å²) >= 11 is 11.0. The SMILES string of the molecule is C[SiH](C)CCC(Cl)Cl. The van der Waals surface area contributed by atoms with E-state index in [0.29, 0.717) is 0 Å². The number of alkyl halides is 2. The minimum Gasteiger partial charge on any atom is -0.105 e. The van der Waals surface area contributed by atoms with Gasteiger partial charge < -0.3 is 0 Å². The van der Waals surface area contributed by atoms with Gasteiger partial charge >= 0.3 is 0 Å². The van der Waals surface area contributed by atoms with Crippen molar-refractivity contribution in [3.05, 3.63) is 0 Å². The largest absolute Gasteiger partial charge is 0.107 e. The molecule has 0 rings (SSSR count). The number of halogens is 2. The van der Waals surface area contributed by atoms with Crippen LogP contribution < -0.4 is 0 Å². The molecule has 3 heteroatoms. The Morgan fingerprint density at radius 1 is 1.38 bits per heavy atom. The first-order chi connectivity index (χ1) is 3.63. The van der Waals surface area contributed by atoms with Gasteiger partial charge in [-0.15, -0.1) is 23.2 Å². The van der Waals surface area contributed by atoms with Crippen molar-refractivity contribution in [2.24, 2.45) is 0 Å². The molecule has 0 spiro atoms. The van der Waals surface area contributed by atoms with E-state index in [1.54, 1.807) is 0 Å². The fourth-order valence-electron chi connectivity index (χ4n) is 0.459. The van der Waals surface area contributed by atoms with Crippen molar-refractivity contribution in [1.29, 1.82) is 0 Å². The minimum absolute atomic E-state index is 0.134. The van der Waals surface area contributed by atoms with Crippen LogP contribution in [-0.4, -0.2) is 13.6 Å². The van der Waals surface area contributed by atoms with E-state index in [4.69, 9.17) is 23.2 Å². The van der Waals surface area contributed by atoms with Gasteiger partial charge in [-0.2, -0.15) is 0 Å². The third kappa shape index (κ3) is 6.80. The van der Waals surface area contributed by atoms with Gasteiger partial charge in [-0.25, -0.2) is 0 Å². The summed E-state index contributed by atoms with van der Waals surface area (Å²) in [6.45, 7) is 4.60. The Kier molecular flexibility index (Phi) is 5.12. The highest BCUT2D eigenvalue weighted by atomic mass is 35.5. The van der Waals surface area contributed by atoms with Gasteiger partial charge in [0, 0.05) is 8.80 Å². The molecule has 0 radical (unpaired) electrons. The van der Waals surface area contributed by atoms with E-state index in [9.17, 15) is 0 Å². The molecule has 0 amide bonds. The van der Waals surface area contributed by atoms with Crippen molar-refractivity contribution >= 4 is 32.0 Å². The summed E-state index contributed by atoms with van der Waals surface area (Å²) in [7, 11) is -0.396. The monoisotopic (exact) mass is 170 g/mol. The van der Waals surface area contributed by atoms with E-state index >= 15 is 0 Å².